The van der Waals surface area contributed by atoms with Crippen molar-refractivity contribution in [3.05, 3.63) is 69.5 Å². The van der Waals surface area contributed by atoms with Gasteiger partial charge in [0.2, 0.25) is 0 Å². The van der Waals surface area contributed by atoms with Crippen molar-refractivity contribution < 1.29 is 4.39 Å². The van der Waals surface area contributed by atoms with Gasteiger partial charge in [0, 0.05) is 0 Å². The van der Waals surface area contributed by atoms with Crippen molar-refractivity contribution >= 4 is 11.6 Å². The molecule has 2 heteroatoms. The van der Waals surface area contributed by atoms with Gasteiger partial charge in [-0.05, 0) is 79.0 Å². The van der Waals surface area contributed by atoms with Crippen molar-refractivity contribution in [3.63, 3.8) is 0 Å². The maximum atomic E-state index is 15.0. The first-order valence-corrected chi connectivity index (χ1v) is 11.0. The molecule has 146 valence electrons. The zero-order valence-corrected chi connectivity index (χ0v) is 17.5. The van der Waals surface area contributed by atoms with E-state index in [0.29, 0.717) is 10.9 Å². The molecule has 2 aromatic carbocycles. The molecule has 0 saturated heterocycles. The Morgan fingerprint density at radius 3 is 2.19 bits per heavy atom. The van der Waals surface area contributed by atoms with Crippen molar-refractivity contribution in [2.45, 2.75) is 77.6 Å². The normalized spacial score (nSPS) is 20.0. The van der Waals surface area contributed by atoms with Gasteiger partial charge in [-0.15, -0.1) is 0 Å². The van der Waals surface area contributed by atoms with Gasteiger partial charge < -0.3 is 0 Å². The van der Waals surface area contributed by atoms with Crippen LogP contribution in [0.2, 0.25) is 5.02 Å². The Bertz CT molecular complexity index is 727. The highest BCUT2D eigenvalue weighted by atomic mass is 35.5. The smallest absolute Gasteiger partial charge is 0.145 e. The molecule has 0 amide bonds. The molecule has 0 atom stereocenters. The molecule has 0 bridgehead atoms. The molecule has 27 heavy (non-hydrogen) atoms. The molecule has 1 aliphatic rings. The molecular formula is C25H32ClF. The van der Waals surface area contributed by atoms with Gasteiger partial charge >= 0.3 is 0 Å². The van der Waals surface area contributed by atoms with E-state index >= 15 is 0 Å². The number of halogens is 2. The molecule has 1 fully saturated rings. The van der Waals surface area contributed by atoms with E-state index in [1.807, 2.05) is 6.07 Å². The summed E-state index contributed by atoms with van der Waals surface area (Å²) in [6, 6.07) is 12.8. The van der Waals surface area contributed by atoms with E-state index in [2.05, 4.69) is 44.2 Å². The van der Waals surface area contributed by atoms with Crippen molar-refractivity contribution in [2.24, 2.45) is 5.92 Å². The van der Waals surface area contributed by atoms with E-state index < -0.39 is 0 Å². The standard InChI is InChI=1S/C25H32ClF/c1-3-5-19-10-13-21(14-11-19)23-17-16-22(24(26)25(23)27)15-12-20-8-6-18(4-2)7-9-20/h6-9,16-17,19,21H,3-5,10-15H2,1-2H3. The Hall–Kier alpha value is -1.34. The van der Waals surface area contributed by atoms with E-state index in [-0.39, 0.29) is 5.82 Å². The summed E-state index contributed by atoms with van der Waals surface area (Å²) in [7, 11) is 0. The number of aryl methyl sites for hydroxylation is 3. The second-order valence-electron chi connectivity index (χ2n) is 8.12. The average Bonchev–Trinajstić information content (AvgIpc) is 2.70. The molecule has 2 aromatic rings. The van der Waals surface area contributed by atoms with Gasteiger partial charge in [-0.25, -0.2) is 4.39 Å². The van der Waals surface area contributed by atoms with Crippen molar-refractivity contribution in [1.82, 2.24) is 0 Å². The lowest BCUT2D eigenvalue weighted by Gasteiger charge is -2.29. The Morgan fingerprint density at radius 2 is 1.56 bits per heavy atom. The van der Waals surface area contributed by atoms with E-state index in [0.717, 1.165) is 49.1 Å². The van der Waals surface area contributed by atoms with Crippen LogP contribution < -0.4 is 0 Å². The van der Waals surface area contributed by atoms with Crippen LogP contribution >= 0.6 is 11.6 Å². The van der Waals surface area contributed by atoms with E-state index in [9.17, 15) is 4.39 Å². The highest BCUT2D eigenvalue weighted by Gasteiger charge is 2.25. The van der Waals surface area contributed by atoms with E-state index in [4.69, 9.17) is 11.6 Å². The van der Waals surface area contributed by atoms with Gasteiger partial charge in [0.1, 0.15) is 5.82 Å². The molecule has 0 aromatic heterocycles. The molecule has 0 heterocycles. The van der Waals surface area contributed by atoms with Crippen LogP contribution in [-0.2, 0) is 19.3 Å². The third kappa shape index (κ3) is 5.13. The zero-order chi connectivity index (χ0) is 19.2. The fourth-order valence-electron chi connectivity index (χ4n) is 4.50. The van der Waals surface area contributed by atoms with Crippen molar-refractivity contribution in [1.29, 1.82) is 0 Å². The summed E-state index contributed by atoms with van der Waals surface area (Å²) in [6.07, 6.45) is 9.95. The first-order valence-electron chi connectivity index (χ1n) is 10.7. The molecule has 0 nitrogen and oxygen atoms in total. The molecule has 0 radical (unpaired) electrons. The molecule has 0 unspecified atom stereocenters. The quantitative estimate of drug-likeness (QED) is 0.453. The Balaban J connectivity index is 1.64. The van der Waals surface area contributed by atoms with E-state index in [1.54, 1.807) is 0 Å². The summed E-state index contributed by atoms with van der Waals surface area (Å²) in [5.74, 6) is 1.00. The highest BCUT2D eigenvalue weighted by Crippen LogP contribution is 2.40. The molecule has 3 rings (SSSR count). The highest BCUT2D eigenvalue weighted by molar-refractivity contribution is 6.31. The first-order chi connectivity index (χ1) is 13.1. The second kappa shape index (κ2) is 9.73. The fraction of sp³-hybridized carbons (Fsp3) is 0.520. The van der Waals surface area contributed by atoms with Gasteiger partial charge in [0.25, 0.3) is 0 Å². The second-order valence-corrected chi connectivity index (χ2v) is 8.50. The average molecular weight is 387 g/mol. The summed E-state index contributed by atoms with van der Waals surface area (Å²) in [6.45, 7) is 4.41. The van der Waals surface area contributed by atoms with Gasteiger partial charge in [-0.2, -0.15) is 0 Å². The van der Waals surface area contributed by atoms with E-state index in [1.165, 1.54) is 36.8 Å². The largest absolute Gasteiger partial charge is 0.205 e. The van der Waals surface area contributed by atoms with Gasteiger partial charge in [0.15, 0.2) is 0 Å². The first kappa shape index (κ1) is 20.4. The molecule has 0 aliphatic heterocycles. The van der Waals surface area contributed by atoms with Crippen molar-refractivity contribution in [3.8, 4) is 0 Å². The molecule has 1 saturated carbocycles. The minimum Gasteiger partial charge on any atom is -0.205 e. The summed E-state index contributed by atoms with van der Waals surface area (Å²) >= 11 is 6.43. The Morgan fingerprint density at radius 1 is 0.889 bits per heavy atom. The van der Waals surface area contributed by atoms with Gasteiger partial charge in [-0.3, -0.25) is 0 Å². The van der Waals surface area contributed by atoms with Crippen LogP contribution in [0.25, 0.3) is 0 Å². The van der Waals surface area contributed by atoms with Crippen LogP contribution in [0, 0.1) is 11.7 Å². The number of benzene rings is 2. The van der Waals surface area contributed by atoms with Gasteiger partial charge in [0.05, 0.1) is 5.02 Å². The molecular weight excluding hydrogens is 355 g/mol. The maximum absolute atomic E-state index is 15.0. The number of hydrogen-bond donors (Lipinski definition) is 0. The number of hydrogen-bond acceptors (Lipinski definition) is 0. The SMILES string of the molecule is CCCC1CCC(c2ccc(CCc3ccc(CC)cc3)c(Cl)c2F)CC1. The topological polar surface area (TPSA) is 0 Å². The van der Waals surface area contributed by atoms with Crippen LogP contribution in [0.15, 0.2) is 36.4 Å². The number of rotatable bonds is 7. The summed E-state index contributed by atoms with van der Waals surface area (Å²) in [5, 5.41) is 0.341. The lowest BCUT2D eigenvalue weighted by Crippen LogP contribution is -2.14. The Labute approximate surface area is 169 Å². The fourth-order valence-corrected chi connectivity index (χ4v) is 4.77. The predicted octanol–water partition coefficient (Wildman–Crippen LogP) is 7.90. The summed E-state index contributed by atoms with van der Waals surface area (Å²) < 4.78 is 15.0. The van der Waals surface area contributed by atoms with Crippen LogP contribution in [0.4, 0.5) is 4.39 Å². The minimum atomic E-state index is -0.172. The van der Waals surface area contributed by atoms with Crippen molar-refractivity contribution in [2.75, 3.05) is 0 Å². The summed E-state index contributed by atoms with van der Waals surface area (Å²) in [4.78, 5) is 0. The van der Waals surface area contributed by atoms with Crippen LogP contribution in [-0.4, -0.2) is 0 Å². The third-order valence-corrected chi connectivity index (χ3v) is 6.70. The predicted molar refractivity (Wildman–Crippen MR) is 114 cm³/mol. The van der Waals surface area contributed by atoms with Crippen LogP contribution in [0.3, 0.4) is 0 Å². The lowest BCUT2D eigenvalue weighted by atomic mass is 9.77. The summed E-state index contributed by atoms with van der Waals surface area (Å²) in [5.41, 5.74) is 4.39. The maximum Gasteiger partial charge on any atom is 0.145 e. The lowest BCUT2D eigenvalue weighted by molar-refractivity contribution is 0.304. The Kier molecular flexibility index (Phi) is 7.35. The molecule has 0 spiro atoms. The molecule has 1 aliphatic carbocycles. The van der Waals surface area contributed by atoms with Crippen LogP contribution in [0.1, 0.15) is 80.5 Å². The zero-order valence-electron chi connectivity index (χ0n) is 16.7. The molecule has 0 N–H and O–H groups in total. The van der Waals surface area contributed by atoms with Gasteiger partial charge in [-0.1, -0.05) is 74.7 Å². The minimum absolute atomic E-state index is 0.172. The monoisotopic (exact) mass is 386 g/mol. The van der Waals surface area contributed by atoms with Crippen LogP contribution in [0.5, 0.6) is 0 Å². The third-order valence-electron chi connectivity index (χ3n) is 6.29.